The first-order valence-corrected chi connectivity index (χ1v) is 18.1. The molecule has 2 aromatic rings. The molecule has 0 N–H and O–H groups in total. The van der Waals surface area contributed by atoms with E-state index >= 15 is 0 Å². The van der Waals surface area contributed by atoms with Gasteiger partial charge in [0.2, 0.25) is 0 Å². The van der Waals surface area contributed by atoms with E-state index in [-0.39, 0.29) is 0 Å². The molecule has 0 aromatic heterocycles. The molecule has 3 heteroatoms. The Labute approximate surface area is 155 Å². The molecule has 122 valence electrons. The second-order valence-electron chi connectivity index (χ2n) is 6.71. The van der Waals surface area contributed by atoms with Gasteiger partial charge < -0.3 is 0 Å². The Bertz CT molecular complexity index is 807. The van der Waals surface area contributed by atoms with Crippen molar-refractivity contribution in [1.29, 1.82) is 0 Å². The van der Waals surface area contributed by atoms with Crippen LogP contribution >= 0.6 is 17.0 Å². The maximum atomic E-state index is 6.96. The summed E-state index contributed by atoms with van der Waals surface area (Å²) >= 11 is -3.17. The first-order chi connectivity index (χ1) is 11.6. The van der Waals surface area contributed by atoms with Crippen LogP contribution in [0.4, 0.5) is 0 Å². The van der Waals surface area contributed by atoms with Crippen molar-refractivity contribution < 1.29 is 17.9 Å². The summed E-state index contributed by atoms with van der Waals surface area (Å²) in [6, 6.07) is 17.2. The van der Waals surface area contributed by atoms with Gasteiger partial charge in [-0.1, -0.05) is 0 Å². The van der Waals surface area contributed by atoms with Crippen molar-refractivity contribution in [3.8, 4) is 0 Å². The van der Waals surface area contributed by atoms with Crippen LogP contribution in [-0.2, 0) is 17.9 Å². The number of hydrogen-bond donors (Lipinski definition) is 0. The summed E-state index contributed by atoms with van der Waals surface area (Å²) in [7, 11) is 13.9. The Hall–Kier alpha value is -0.617. The quantitative estimate of drug-likeness (QED) is 0.466. The van der Waals surface area contributed by atoms with Gasteiger partial charge >= 0.3 is 157 Å². The van der Waals surface area contributed by atoms with Gasteiger partial charge in [0.25, 0.3) is 0 Å². The topological polar surface area (TPSA) is 0 Å². The van der Waals surface area contributed by atoms with Crippen molar-refractivity contribution in [3.05, 3.63) is 82.9 Å². The molecule has 0 saturated carbocycles. The number of rotatable bonds is 5. The summed E-state index contributed by atoms with van der Waals surface area (Å²) in [6.07, 6.45) is 11.3. The fourth-order valence-corrected chi connectivity index (χ4v) is 12.9. The molecule has 2 aromatic carbocycles. The van der Waals surface area contributed by atoms with Gasteiger partial charge in [0, 0.05) is 0 Å². The van der Waals surface area contributed by atoms with Crippen molar-refractivity contribution in [3.63, 3.8) is 0 Å². The summed E-state index contributed by atoms with van der Waals surface area (Å²) in [5.41, 5.74) is 5.44. The SMILES string of the molecule is [Cl][Zr]([Cl])([CH2]CCC1C=Cc2ccccc21)[CH]1C=Cc2ccccc21. The number of benzene rings is 2. The normalized spacial score (nSPS) is 21.1. The van der Waals surface area contributed by atoms with E-state index in [1.54, 1.807) is 0 Å². The molecule has 2 unspecified atom stereocenters. The van der Waals surface area contributed by atoms with E-state index < -0.39 is 17.9 Å². The Morgan fingerprint density at radius 2 is 1.42 bits per heavy atom. The van der Waals surface area contributed by atoms with Gasteiger partial charge in [-0.3, -0.25) is 0 Å². The van der Waals surface area contributed by atoms with Crippen LogP contribution in [0.3, 0.4) is 0 Å². The van der Waals surface area contributed by atoms with Crippen LogP contribution in [0.5, 0.6) is 0 Å². The molecule has 0 heterocycles. The predicted molar refractivity (Wildman–Crippen MR) is 102 cm³/mol. The van der Waals surface area contributed by atoms with Gasteiger partial charge in [-0.25, -0.2) is 0 Å². The molecule has 2 atom stereocenters. The average molecular weight is 435 g/mol. The summed E-state index contributed by atoms with van der Waals surface area (Å²) in [5.74, 6) is 0.531. The molecule has 0 nitrogen and oxygen atoms in total. The first-order valence-electron chi connectivity index (χ1n) is 8.57. The van der Waals surface area contributed by atoms with E-state index in [0.29, 0.717) is 9.54 Å². The van der Waals surface area contributed by atoms with E-state index in [1.807, 2.05) is 0 Å². The molecular weight excluding hydrogens is 414 g/mol. The van der Waals surface area contributed by atoms with Crippen molar-refractivity contribution >= 4 is 29.2 Å². The van der Waals surface area contributed by atoms with Crippen molar-refractivity contribution in [1.82, 2.24) is 0 Å². The maximum absolute atomic E-state index is 6.96. The van der Waals surface area contributed by atoms with E-state index in [2.05, 4.69) is 72.8 Å². The molecule has 0 radical (unpaired) electrons. The molecule has 0 spiro atoms. The number of allylic oxidation sites excluding steroid dienone is 2. The standard InChI is InChI=1S/C12H13.C9H7.2ClH.Zr/c1-2-5-10-8-9-11-6-3-4-7-12(10)11;1-2-5-9-7-3-6-8(9)4-1;;;/h3-4,6-10H,1-2,5H2;1-7H;2*1H;/q;;;;+2/p-2. The molecule has 4 rings (SSSR count). The average Bonchev–Trinajstić information content (AvgIpc) is 3.19. The monoisotopic (exact) mass is 432 g/mol. The molecule has 0 saturated heterocycles. The van der Waals surface area contributed by atoms with Crippen LogP contribution < -0.4 is 0 Å². The second-order valence-corrected chi connectivity index (χ2v) is 22.3. The Balaban J connectivity index is 1.40. The van der Waals surface area contributed by atoms with Crippen molar-refractivity contribution in [2.45, 2.75) is 26.5 Å². The van der Waals surface area contributed by atoms with Gasteiger partial charge in [0.15, 0.2) is 0 Å². The van der Waals surface area contributed by atoms with E-state index in [1.165, 1.54) is 22.3 Å². The molecule has 0 fully saturated rings. The minimum absolute atomic E-state index is 0.297. The van der Waals surface area contributed by atoms with Crippen LogP contribution in [0.2, 0.25) is 4.13 Å². The van der Waals surface area contributed by atoms with Crippen LogP contribution in [0.1, 0.15) is 44.6 Å². The third kappa shape index (κ3) is 3.24. The number of fused-ring (bicyclic) bond motifs is 2. The third-order valence-electron chi connectivity index (χ3n) is 5.18. The van der Waals surface area contributed by atoms with Crippen LogP contribution in [0.25, 0.3) is 12.2 Å². The van der Waals surface area contributed by atoms with Gasteiger partial charge in [-0.05, 0) is 0 Å². The molecule has 2 aliphatic rings. The first kappa shape index (κ1) is 16.8. The number of hydrogen-bond acceptors (Lipinski definition) is 0. The molecular formula is C21H20Cl2Zr. The zero-order chi connectivity index (χ0) is 16.6. The van der Waals surface area contributed by atoms with E-state index in [0.717, 1.165) is 17.0 Å². The van der Waals surface area contributed by atoms with Gasteiger partial charge in [0.1, 0.15) is 0 Å². The zero-order valence-electron chi connectivity index (χ0n) is 13.5. The Kier molecular flexibility index (Phi) is 4.87. The fraction of sp³-hybridized carbons (Fsp3) is 0.238. The molecule has 24 heavy (non-hydrogen) atoms. The Morgan fingerprint density at radius 3 is 2.21 bits per heavy atom. The van der Waals surface area contributed by atoms with Crippen LogP contribution in [0.15, 0.2) is 60.7 Å². The molecule has 0 aliphatic heterocycles. The number of halogens is 2. The second kappa shape index (κ2) is 6.95. The van der Waals surface area contributed by atoms with Gasteiger partial charge in [-0.15, -0.1) is 0 Å². The summed E-state index contributed by atoms with van der Waals surface area (Å²) in [6.45, 7) is 0. The minimum atomic E-state index is -3.17. The fourth-order valence-electron chi connectivity index (χ4n) is 3.91. The van der Waals surface area contributed by atoms with Gasteiger partial charge in [0.05, 0.1) is 0 Å². The van der Waals surface area contributed by atoms with E-state index in [9.17, 15) is 0 Å². The van der Waals surface area contributed by atoms with Crippen LogP contribution in [0, 0.1) is 0 Å². The molecule has 0 amide bonds. The zero-order valence-corrected chi connectivity index (χ0v) is 17.4. The van der Waals surface area contributed by atoms with Crippen molar-refractivity contribution in [2.24, 2.45) is 0 Å². The summed E-state index contributed by atoms with van der Waals surface area (Å²) < 4.78 is 1.30. The van der Waals surface area contributed by atoms with Crippen molar-refractivity contribution in [2.75, 3.05) is 0 Å². The van der Waals surface area contributed by atoms with Crippen LogP contribution in [-0.4, -0.2) is 0 Å². The van der Waals surface area contributed by atoms with Gasteiger partial charge in [-0.2, -0.15) is 0 Å². The Morgan fingerprint density at radius 1 is 0.792 bits per heavy atom. The molecule has 2 aliphatic carbocycles. The summed E-state index contributed by atoms with van der Waals surface area (Å²) in [5, 5.41) is 0. The van der Waals surface area contributed by atoms with E-state index in [4.69, 9.17) is 17.0 Å². The summed E-state index contributed by atoms with van der Waals surface area (Å²) in [4.78, 5) is 0. The molecule has 0 bridgehead atoms. The predicted octanol–water partition coefficient (Wildman–Crippen LogP) is 7.23. The third-order valence-corrected chi connectivity index (χ3v) is 16.2.